The van der Waals surface area contributed by atoms with E-state index in [2.05, 4.69) is 15.5 Å². The minimum atomic E-state index is -0.499. The first-order valence-electron chi connectivity index (χ1n) is 6.61. The van der Waals surface area contributed by atoms with Crippen LogP contribution in [0.4, 0.5) is 0 Å². The molecule has 0 saturated carbocycles. The maximum absolute atomic E-state index is 9.66. The molecule has 7 nitrogen and oxygen atoms in total. The van der Waals surface area contributed by atoms with Gasteiger partial charge in [-0.05, 0) is 6.92 Å². The van der Waals surface area contributed by atoms with E-state index in [1.165, 1.54) is 0 Å². The van der Waals surface area contributed by atoms with E-state index in [0.717, 1.165) is 18.8 Å². The Morgan fingerprint density at radius 2 is 2.21 bits per heavy atom. The molecule has 0 aliphatic carbocycles. The number of nitrogens with zero attached hydrogens (tertiary/aromatic N) is 3. The van der Waals surface area contributed by atoms with Crippen LogP contribution in [-0.2, 0) is 22.9 Å². The number of rotatable bonds is 11. The zero-order valence-electron chi connectivity index (χ0n) is 11.7. The number of aryl methyl sites for hydroxylation is 1. The van der Waals surface area contributed by atoms with E-state index in [4.69, 9.17) is 9.47 Å². The average molecular weight is 272 g/mol. The van der Waals surface area contributed by atoms with Gasteiger partial charge in [-0.2, -0.15) is 0 Å². The molecule has 0 fully saturated rings. The van der Waals surface area contributed by atoms with Crippen molar-refractivity contribution in [1.29, 1.82) is 0 Å². The van der Waals surface area contributed by atoms with E-state index < -0.39 is 6.10 Å². The van der Waals surface area contributed by atoms with Gasteiger partial charge in [0.15, 0.2) is 0 Å². The number of aliphatic hydroxyl groups excluding tert-OH is 1. The fourth-order valence-corrected chi connectivity index (χ4v) is 1.54. The van der Waals surface area contributed by atoms with E-state index in [1.54, 1.807) is 6.33 Å². The Morgan fingerprint density at radius 3 is 2.89 bits per heavy atom. The summed E-state index contributed by atoms with van der Waals surface area (Å²) in [4.78, 5) is 0. The maximum atomic E-state index is 9.66. The Hall–Kier alpha value is -1.02. The zero-order chi connectivity index (χ0) is 13.9. The molecule has 19 heavy (non-hydrogen) atoms. The summed E-state index contributed by atoms with van der Waals surface area (Å²) < 4.78 is 12.3. The molecular formula is C12H24N4O3. The maximum Gasteiger partial charge on any atom is 0.133 e. The number of hydrogen-bond donors (Lipinski definition) is 2. The van der Waals surface area contributed by atoms with Gasteiger partial charge >= 0.3 is 0 Å². The molecule has 7 heteroatoms. The van der Waals surface area contributed by atoms with Crippen LogP contribution in [0.25, 0.3) is 0 Å². The monoisotopic (exact) mass is 272 g/mol. The zero-order valence-corrected chi connectivity index (χ0v) is 11.7. The van der Waals surface area contributed by atoms with Gasteiger partial charge in [-0.3, -0.25) is 0 Å². The highest BCUT2D eigenvalue weighted by Gasteiger charge is 2.04. The normalized spacial score (nSPS) is 12.8. The molecular weight excluding hydrogens is 248 g/mol. The van der Waals surface area contributed by atoms with Gasteiger partial charge in [0, 0.05) is 33.2 Å². The summed E-state index contributed by atoms with van der Waals surface area (Å²) in [6.07, 6.45) is 1.96. The number of aliphatic hydroxyl groups is 1. The van der Waals surface area contributed by atoms with E-state index in [9.17, 15) is 5.11 Å². The first-order chi connectivity index (χ1) is 9.24. The Labute approximate surface area is 113 Å². The number of nitrogens with one attached hydrogen (secondary N) is 1. The second-order valence-electron chi connectivity index (χ2n) is 4.24. The van der Waals surface area contributed by atoms with Crippen molar-refractivity contribution in [3.05, 3.63) is 12.2 Å². The third-order valence-corrected chi connectivity index (χ3v) is 2.60. The first kappa shape index (κ1) is 16.0. The third-order valence-electron chi connectivity index (χ3n) is 2.60. The Bertz CT molecular complexity index is 333. The van der Waals surface area contributed by atoms with Crippen LogP contribution in [0.3, 0.4) is 0 Å². The van der Waals surface area contributed by atoms with E-state index in [0.29, 0.717) is 33.0 Å². The highest BCUT2D eigenvalue weighted by atomic mass is 16.5. The van der Waals surface area contributed by atoms with Gasteiger partial charge in [0.2, 0.25) is 0 Å². The summed E-state index contributed by atoms with van der Waals surface area (Å²) >= 11 is 0. The molecule has 0 spiro atoms. The second kappa shape index (κ2) is 9.85. The highest BCUT2D eigenvalue weighted by Crippen LogP contribution is 1.91. The van der Waals surface area contributed by atoms with Crippen LogP contribution < -0.4 is 5.32 Å². The smallest absolute Gasteiger partial charge is 0.133 e. The van der Waals surface area contributed by atoms with Crippen LogP contribution in [0, 0.1) is 0 Å². The number of aromatic nitrogens is 3. The van der Waals surface area contributed by atoms with Crippen molar-refractivity contribution in [3.8, 4) is 0 Å². The lowest BCUT2D eigenvalue weighted by atomic mass is 10.3. The van der Waals surface area contributed by atoms with Gasteiger partial charge in [0.25, 0.3) is 0 Å². The lowest BCUT2D eigenvalue weighted by Gasteiger charge is -2.12. The second-order valence-corrected chi connectivity index (χ2v) is 4.24. The molecule has 1 atom stereocenters. The Kier molecular flexibility index (Phi) is 8.31. The molecule has 1 unspecified atom stereocenters. The summed E-state index contributed by atoms with van der Waals surface area (Å²) in [5.74, 6) is 0.926. The van der Waals surface area contributed by atoms with Crippen LogP contribution in [0.5, 0.6) is 0 Å². The van der Waals surface area contributed by atoms with Gasteiger partial charge in [0.1, 0.15) is 12.2 Å². The third kappa shape index (κ3) is 7.22. The van der Waals surface area contributed by atoms with E-state index in [-0.39, 0.29) is 0 Å². The molecule has 0 aromatic carbocycles. The van der Waals surface area contributed by atoms with Crippen molar-refractivity contribution in [2.24, 2.45) is 7.05 Å². The highest BCUT2D eigenvalue weighted by molar-refractivity contribution is 4.84. The van der Waals surface area contributed by atoms with Gasteiger partial charge in [-0.25, -0.2) is 0 Å². The van der Waals surface area contributed by atoms with Crippen LogP contribution >= 0.6 is 0 Å². The summed E-state index contributed by atoms with van der Waals surface area (Å²) in [5.41, 5.74) is 0. The fraction of sp³-hybridized carbons (Fsp3) is 0.833. The average Bonchev–Trinajstić information content (AvgIpc) is 2.80. The van der Waals surface area contributed by atoms with Crippen molar-refractivity contribution in [1.82, 2.24) is 20.1 Å². The molecule has 1 rings (SSSR count). The van der Waals surface area contributed by atoms with Crippen molar-refractivity contribution in [2.45, 2.75) is 19.4 Å². The predicted molar refractivity (Wildman–Crippen MR) is 70.9 cm³/mol. The summed E-state index contributed by atoms with van der Waals surface area (Å²) in [6.45, 7) is 5.30. The molecule has 0 aliphatic heterocycles. The fourth-order valence-electron chi connectivity index (χ4n) is 1.54. The van der Waals surface area contributed by atoms with Crippen molar-refractivity contribution in [3.63, 3.8) is 0 Å². The molecule has 0 aliphatic rings. The lowest BCUT2D eigenvalue weighted by Crippen LogP contribution is -2.32. The molecule has 0 bridgehead atoms. The topological polar surface area (TPSA) is 81.4 Å². The molecule has 0 saturated heterocycles. The molecule has 0 radical (unpaired) electrons. The quantitative estimate of drug-likeness (QED) is 0.522. The molecule has 1 heterocycles. The first-order valence-corrected chi connectivity index (χ1v) is 6.61. The molecule has 110 valence electrons. The SMILES string of the molecule is CCOCCOCC(O)CNCCc1nncn1C. The summed E-state index contributed by atoms with van der Waals surface area (Å²) in [5, 5.41) is 20.6. The van der Waals surface area contributed by atoms with E-state index >= 15 is 0 Å². The van der Waals surface area contributed by atoms with Crippen LogP contribution in [0.15, 0.2) is 6.33 Å². The van der Waals surface area contributed by atoms with Crippen LogP contribution in [0.2, 0.25) is 0 Å². The van der Waals surface area contributed by atoms with E-state index in [1.807, 2.05) is 18.5 Å². The van der Waals surface area contributed by atoms with Crippen molar-refractivity contribution >= 4 is 0 Å². The van der Waals surface area contributed by atoms with Gasteiger partial charge in [-0.1, -0.05) is 0 Å². The standard InChI is InChI=1S/C12H24N4O3/c1-3-18-6-7-19-9-11(17)8-13-5-4-12-15-14-10-16(12)2/h10-11,13,17H,3-9H2,1-2H3. The summed E-state index contributed by atoms with van der Waals surface area (Å²) in [7, 11) is 1.91. The Balaban J connectivity index is 1.95. The molecule has 1 aromatic rings. The predicted octanol–water partition coefficient (Wildman–Crippen LogP) is -0.639. The Morgan fingerprint density at radius 1 is 1.42 bits per heavy atom. The minimum absolute atomic E-state index is 0.323. The van der Waals surface area contributed by atoms with Gasteiger partial charge in [-0.15, -0.1) is 10.2 Å². The largest absolute Gasteiger partial charge is 0.389 e. The molecule has 1 aromatic heterocycles. The van der Waals surface area contributed by atoms with Crippen molar-refractivity contribution in [2.75, 3.05) is 39.5 Å². The lowest BCUT2D eigenvalue weighted by molar-refractivity contribution is 0.00658. The molecule has 2 N–H and O–H groups in total. The molecule has 0 amide bonds. The number of hydrogen-bond acceptors (Lipinski definition) is 6. The van der Waals surface area contributed by atoms with Crippen LogP contribution in [-0.4, -0.2) is 65.5 Å². The minimum Gasteiger partial charge on any atom is -0.389 e. The van der Waals surface area contributed by atoms with Gasteiger partial charge in [0.05, 0.1) is 25.9 Å². The van der Waals surface area contributed by atoms with Gasteiger partial charge < -0.3 is 24.5 Å². The van der Waals surface area contributed by atoms with Crippen LogP contribution in [0.1, 0.15) is 12.7 Å². The number of ether oxygens (including phenoxy) is 2. The summed E-state index contributed by atoms with van der Waals surface area (Å²) in [6, 6.07) is 0. The van der Waals surface area contributed by atoms with Crippen molar-refractivity contribution < 1.29 is 14.6 Å².